The zero-order valence-corrected chi connectivity index (χ0v) is 10.8. The minimum absolute atomic E-state index is 0.171. The molecule has 1 heterocycles. The third-order valence-electron chi connectivity index (χ3n) is 3.56. The average molecular weight is 271 g/mol. The van der Waals surface area contributed by atoms with Crippen LogP contribution in [0.2, 0.25) is 5.02 Å². The molecule has 2 N–H and O–H groups in total. The number of amides is 1. The van der Waals surface area contributed by atoms with Crippen molar-refractivity contribution in [3.8, 4) is 0 Å². The highest BCUT2D eigenvalue weighted by Gasteiger charge is 2.44. The average Bonchev–Trinajstić information content (AvgIpc) is 2.55. The summed E-state index contributed by atoms with van der Waals surface area (Å²) in [6.07, 6.45) is 3.78. The van der Waals surface area contributed by atoms with Crippen molar-refractivity contribution in [3.63, 3.8) is 0 Å². The summed E-state index contributed by atoms with van der Waals surface area (Å²) >= 11 is 5.79. The minimum Gasteiger partial charge on any atom is -0.481 e. The van der Waals surface area contributed by atoms with Crippen molar-refractivity contribution in [2.24, 2.45) is 12.5 Å². The van der Waals surface area contributed by atoms with E-state index in [4.69, 9.17) is 16.7 Å². The van der Waals surface area contributed by atoms with Crippen molar-refractivity contribution in [3.05, 3.63) is 23.0 Å². The largest absolute Gasteiger partial charge is 0.481 e. The van der Waals surface area contributed by atoms with Crippen LogP contribution in [-0.2, 0) is 11.8 Å². The Hall–Kier alpha value is -1.49. The first-order valence-corrected chi connectivity index (χ1v) is 6.16. The van der Waals surface area contributed by atoms with Gasteiger partial charge in [0.05, 0.1) is 10.4 Å². The van der Waals surface area contributed by atoms with Gasteiger partial charge in [-0.3, -0.25) is 9.59 Å². The Morgan fingerprint density at radius 2 is 2.22 bits per heavy atom. The molecular formula is C12H15ClN2O3. The molecule has 5 nitrogen and oxygen atoms in total. The quantitative estimate of drug-likeness (QED) is 0.874. The third-order valence-corrected chi connectivity index (χ3v) is 3.76. The Labute approximate surface area is 110 Å². The zero-order chi connectivity index (χ0) is 13.3. The summed E-state index contributed by atoms with van der Waals surface area (Å²) in [6.45, 7) is 0.171. The van der Waals surface area contributed by atoms with Gasteiger partial charge in [-0.25, -0.2) is 0 Å². The number of aliphatic carboxylic acids is 1. The van der Waals surface area contributed by atoms with E-state index in [0.717, 1.165) is 6.42 Å². The highest BCUT2D eigenvalue weighted by Crippen LogP contribution is 2.40. The lowest BCUT2D eigenvalue weighted by atomic mass is 9.69. The van der Waals surface area contributed by atoms with Crippen molar-refractivity contribution >= 4 is 23.5 Å². The number of nitrogens with zero attached hydrogens (tertiary/aromatic N) is 1. The van der Waals surface area contributed by atoms with Gasteiger partial charge in [-0.2, -0.15) is 0 Å². The molecule has 0 radical (unpaired) electrons. The van der Waals surface area contributed by atoms with Crippen LogP contribution in [0.25, 0.3) is 0 Å². The fourth-order valence-corrected chi connectivity index (χ4v) is 2.41. The Bertz CT molecular complexity index is 492. The Balaban J connectivity index is 2.00. The number of aryl methyl sites for hydroxylation is 1. The molecule has 1 amide bonds. The normalized spacial score (nSPS) is 17.0. The number of nitrogens with one attached hydrogen (secondary N) is 1. The van der Waals surface area contributed by atoms with Crippen molar-refractivity contribution in [1.82, 2.24) is 9.88 Å². The molecule has 0 aliphatic heterocycles. The molecule has 1 aliphatic carbocycles. The first kappa shape index (κ1) is 13.0. The van der Waals surface area contributed by atoms with Crippen LogP contribution in [0.15, 0.2) is 12.3 Å². The molecule has 1 saturated carbocycles. The van der Waals surface area contributed by atoms with Gasteiger partial charge in [0.2, 0.25) is 0 Å². The molecule has 0 spiro atoms. The summed E-state index contributed by atoms with van der Waals surface area (Å²) in [6, 6.07) is 1.56. The lowest BCUT2D eigenvalue weighted by Crippen LogP contribution is -2.47. The molecule has 1 fully saturated rings. The van der Waals surface area contributed by atoms with Gasteiger partial charge in [0, 0.05) is 19.8 Å². The van der Waals surface area contributed by atoms with Crippen molar-refractivity contribution < 1.29 is 14.7 Å². The number of hydrogen-bond donors (Lipinski definition) is 2. The van der Waals surface area contributed by atoms with Crippen molar-refractivity contribution in [1.29, 1.82) is 0 Å². The van der Waals surface area contributed by atoms with Crippen LogP contribution >= 0.6 is 11.6 Å². The SMILES string of the molecule is Cn1cc(Cl)cc1C(=O)NCC1(C(=O)O)CCC1. The monoisotopic (exact) mass is 270 g/mol. The number of halogens is 1. The number of carboxylic acids is 1. The summed E-state index contributed by atoms with van der Waals surface area (Å²) < 4.78 is 1.62. The molecule has 98 valence electrons. The molecular weight excluding hydrogens is 256 g/mol. The predicted molar refractivity (Wildman–Crippen MR) is 66.7 cm³/mol. The topological polar surface area (TPSA) is 71.3 Å². The molecule has 0 saturated heterocycles. The minimum atomic E-state index is -0.834. The maximum absolute atomic E-state index is 11.9. The standard InChI is InChI=1S/C12H15ClN2O3/c1-15-6-8(13)5-9(15)10(16)14-7-12(11(17)18)3-2-4-12/h5-6H,2-4,7H2,1H3,(H,14,16)(H,17,18). The van der Waals surface area contributed by atoms with Gasteiger partial charge >= 0.3 is 5.97 Å². The first-order valence-electron chi connectivity index (χ1n) is 5.78. The van der Waals surface area contributed by atoms with Gasteiger partial charge in [0.15, 0.2) is 0 Å². The fourth-order valence-electron chi connectivity index (χ4n) is 2.16. The van der Waals surface area contributed by atoms with Crippen LogP contribution in [0, 0.1) is 5.41 Å². The molecule has 0 unspecified atom stereocenters. The van der Waals surface area contributed by atoms with Crippen LogP contribution in [0.4, 0.5) is 0 Å². The summed E-state index contributed by atoms with van der Waals surface area (Å²) in [5.74, 6) is -1.13. The molecule has 6 heteroatoms. The second-order valence-corrected chi connectivity index (χ2v) is 5.21. The van der Waals surface area contributed by atoms with Crippen LogP contribution in [0.3, 0.4) is 0 Å². The van der Waals surface area contributed by atoms with Crippen molar-refractivity contribution in [2.45, 2.75) is 19.3 Å². The lowest BCUT2D eigenvalue weighted by Gasteiger charge is -2.37. The predicted octanol–water partition coefficient (Wildman–Crippen LogP) is 1.66. The molecule has 2 rings (SSSR count). The number of hydrogen-bond acceptors (Lipinski definition) is 2. The van der Waals surface area contributed by atoms with E-state index in [1.165, 1.54) is 0 Å². The van der Waals surface area contributed by atoms with Gasteiger partial charge in [-0.15, -0.1) is 0 Å². The molecule has 1 aliphatic rings. The molecule has 1 aromatic rings. The van der Waals surface area contributed by atoms with E-state index in [9.17, 15) is 9.59 Å². The summed E-state index contributed by atoms with van der Waals surface area (Å²) in [5, 5.41) is 12.3. The smallest absolute Gasteiger partial charge is 0.311 e. The summed E-state index contributed by atoms with van der Waals surface area (Å²) in [5.41, 5.74) is -0.343. The molecule has 18 heavy (non-hydrogen) atoms. The van der Waals surface area contributed by atoms with Gasteiger partial charge in [0.25, 0.3) is 5.91 Å². The Morgan fingerprint density at radius 1 is 1.56 bits per heavy atom. The fraction of sp³-hybridized carbons (Fsp3) is 0.500. The second kappa shape index (κ2) is 4.65. The molecule has 0 atom stereocenters. The highest BCUT2D eigenvalue weighted by molar-refractivity contribution is 6.31. The number of carbonyl (C=O) groups excluding carboxylic acids is 1. The number of aromatic nitrogens is 1. The van der Waals surface area contributed by atoms with E-state index < -0.39 is 11.4 Å². The Kier molecular flexibility index (Phi) is 3.34. The number of carbonyl (C=O) groups is 2. The van der Waals surface area contributed by atoms with E-state index in [2.05, 4.69) is 5.32 Å². The van der Waals surface area contributed by atoms with E-state index in [-0.39, 0.29) is 12.5 Å². The Morgan fingerprint density at radius 3 is 2.61 bits per heavy atom. The third kappa shape index (κ3) is 2.22. The van der Waals surface area contributed by atoms with Crippen LogP contribution in [-0.4, -0.2) is 28.1 Å². The van der Waals surface area contributed by atoms with E-state index in [0.29, 0.717) is 23.6 Å². The van der Waals surface area contributed by atoms with Crippen LogP contribution in [0.1, 0.15) is 29.8 Å². The lowest BCUT2D eigenvalue weighted by molar-refractivity contribution is -0.153. The summed E-state index contributed by atoms with van der Waals surface area (Å²) in [4.78, 5) is 23.1. The van der Waals surface area contributed by atoms with Crippen LogP contribution in [0.5, 0.6) is 0 Å². The number of rotatable bonds is 4. The zero-order valence-electron chi connectivity index (χ0n) is 10.1. The highest BCUT2D eigenvalue weighted by atomic mass is 35.5. The summed E-state index contributed by atoms with van der Waals surface area (Å²) in [7, 11) is 1.72. The van der Waals surface area contributed by atoms with E-state index in [1.807, 2.05) is 0 Å². The molecule has 1 aromatic heterocycles. The first-order chi connectivity index (χ1) is 8.44. The van der Waals surface area contributed by atoms with Gasteiger partial charge < -0.3 is 15.0 Å². The van der Waals surface area contributed by atoms with E-state index >= 15 is 0 Å². The van der Waals surface area contributed by atoms with Crippen molar-refractivity contribution in [2.75, 3.05) is 6.54 Å². The van der Waals surface area contributed by atoms with Crippen LogP contribution < -0.4 is 5.32 Å². The van der Waals surface area contributed by atoms with Gasteiger partial charge in [-0.1, -0.05) is 18.0 Å². The molecule has 0 bridgehead atoms. The number of carboxylic acid groups (broad SMARTS) is 1. The van der Waals surface area contributed by atoms with E-state index in [1.54, 1.807) is 23.9 Å². The van der Waals surface area contributed by atoms with Gasteiger partial charge in [-0.05, 0) is 18.9 Å². The molecule has 0 aromatic carbocycles. The van der Waals surface area contributed by atoms with Gasteiger partial charge in [0.1, 0.15) is 5.69 Å². The maximum atomic E-state index is 11.9. The second-order valence-electron chi connectivity index (χ2n) is 4.78. The maximum Gasteiger partial charge on any atom is 0.311 e.